The highest BCUT2D eigenvalue weighted by molar-refractivity contribution is 7.12. The zero-order valence-electron chi connectivity index (χ0n) is 11.5. The highest BCUT2D eigenvalue weighted by Gasteiger charge is 2.37. The van der Waals surface area contributed by atoms with Crippen LogP contribution in [0.2, 0.25) is 0 Å². The van der Waals surface area contributed by atoms with Crippen molar-refractivity contribution in [3.05, 3.63) is 21.4 Å². The number of nitrogens with one attached hydrogen (secondary N) is 1. The van der Waals surface area contributed by atoms with Crippen LogP contribution >= 0.6 is 11.3 Å². The normalized spacial score (nSPS) is 27.2. The highest BCUT2D eigenvalue weighted by atomic mass is 32.1. The molecule has 18 heavy (non-hydrogen) atoms. The van der Waals surface area contributed by atoms with Crippen LogP contribution in [0.3, 0.4) is 0 Å². The van der Waals surface area contributed by atoms with E-state index < -0.39 is 0 Å². The molecular weight excluding hydrogens is 240 g/mol. The Labute approximate surface area is 114 Å². The van der Waals surface area contributed by atoms with Crippen LogP contribution in [0.25, 0.3) is 0 Å². The molecule has 1 saturated carbocycles. The molecule has 2 atom stereocenters. The van der Waals surface area contributed by atoms with Gasteiger partial charge in [-0.05, 0) is 50.3 Å². The van der Waals surface area contributed by atoms with Gasteiger partial charge in [0.2, 0.25) is 0 Å². The van der Waals surface area contributed by atoms with Gasteiger partial charge in [0.15, 0.2) is 0 Å². The van der Waals surface area contributed by atoms with Gasteiger partial charge < -0.3 is 5.32 Å². The van der Waals surface area contributed by atoms with Gasteiger partial charge in [-0.25, -0.2) is 0 Å². The second-order valence-corrected chi connectivity index (χ2v) is 7.18. The predicted molar refractivity (Wildman–Crippen MR) is 78.0 cm³/mol. The fraction of sp³-hybridized carbons (Fsp3) is 0.733. The second kappa shape index (κ2) is 5.32. The molecule has 3 rings (SSSR count). The quantitative estimate of drug-likeness (QED) is 0.879. The first-order chi connectivity index (χ1) is 8.76. The Kier molecular flexibility index (Phi) is 3.73. The maximum Gasteiger partial charge on any atom is 0.0299 e. The van der Waals surface area contributed by atoms with E-state index in [1.807, 2.05) is 11.3 Å². The topological polar surface area (TPSA) is 15.3 Å². The van der Waals surface area contributed by atoms with E-state index in [-0.39, 0.29) is 0 Å². The number of nitrogens with zero attached hydrogens (tertiary/aromatic N) is 1. The minimum Gasteiger partial charge on any atom is -0.312 e. The van der Waals surface area contributed by atoms with Gasteiger partial charge in [-0.1, -0.05) is 6.92 Å². The third kappa shape index (κ3) is 2.49. The molecule has 1 aliphatic heterocycles. The molecule has 2 aliphatic rings. The molecular formula is C15H24N2S. The first-order valence-electron chi connectivity index (χ1n) is 7.29. The highest BCUT2D eigenvalue weighted by Crippen LogP contribution is 2.38. The van der Waals surface area contributed by atoms with Gasteiger partial charge in [0, 0.05) is 35.4 Å². The van der Waals surface area contributed by atoms with Crippen LogP contribution in [0.15, 0.2) is 6.07 Å². The maximum absolute atomic E-state index is 3.42. The van der Waals surface area contributed by atoms with E-state index in [2.05, 4.69) is 30.1 Å². The molecule has 0 amide bonds. The lowest BCUT2D eigenvalue weighted by Gasteiger charge is -2.26. The van der Waals surface area contributed by atoms with E-state index >= 15 is 0 Å². The minimum atomic E-state index is 0.895. The maximum atomic E-state index is 3.42. The molecule has 100 valence electrons. The van der Waals surface area contributed by atoms with Gasteiger partial charge in [-0.15, -0.1) is 11.3 Å². The van der Waals surface area contributed by atoms with E-state index in [0.29, 0.717) is 0 Å². The van der Waals surface area contributed by atoms with Gasteiger partial charge in [0.25, 0.3) is 0 Å². The monoisotopic (exact) mass is 264 g/mol. The van der Waals surface area contributed by atoms with Crippen molar-refractivity contribution in [2.45, 2.75) is 52.2 Å². The van der Waals surface area contributed by atoms with Gasteiger partial charge in [0.1, 0.15) is 0 Å². The fourth-order valence-corrected chi connectivity index (χ4v) is 4.54. The lowest BCUT2D eigenvalue weighted by Crippen LogP contribution is -2.31. The zero-order valence-corrected chi connectivity index (χ0v) is 12.4. The van der Waals surface area contributed by atoms with E-state index in [9.17, 15) is 0 Å². The Balaban J connectivity index is 1.63. The van der Waals surface area contributed by atoms with E-state index in [1.54, 1.807) is 5.56 Å². The Hall–Kier alpha value is -0.380. The van der Waals surface area contributed by atoms with Crippen LogP contribution in [-0.2, 0) is 13.1 Å². The van der Waals surface area contributed by atoms with Gasteiger partial charge in [0.05, 0.1) is 0 Å². The number of piperidine rings is 1. The van der Waals surface area contributed by atoms with Crippen molar-refractivity contribution in [2.75, 3.05) is 13.1 Å². The summed E-state index contributed by atoms with van der Waals surface area (Å²) in [5, 5.41) is 3.42. The molecule has 1 aromatic heterocycles. The lowest BCUT2D eigenvalue weighted by atomic mass is 10.1. The van der Waals surface area contributed by atoms with Crippen molar-refractivity contribution >= 4 is 11.3 Å². The van der Waals surface area contributed by atoms with Crippen LogP contribution in [0, 0.1) is 12.8 Å². The largest absolute Gasteiger partial charge is 0.312 e. The summed E-state index contributed by atoms with van der Waals surface area (Å²) in [7, 11) is 0. The molecule has 1 saturated heterocycles. The Morgan fingerprint density at radius 2 is 2.33 bits per heavy atom. The predicted octanol–water partition coefficient (Wildman–Crippen LogP) is 3.15. The molecule has 1 aromatic rings. The van der Waals surface area contributed by atoms with Crippen LogP contribution in [0.5, 0.6) is 0 Å². The van der Waals surface area contributed by atoms with Crippen molar-refractivity contribution in [2.24, 2.45) is 5.92 Å². The smallest absolute Gasteiger partial charge is 0.0299 e. The molecule has 0 spiro atoms. The first-order valence-corrected chi connectivity index (χ1v) is 8.11. The molecule has 0 aromatic carbocycles. The van der Waals surface area contributed by atoms with Crippen molar-refractivity contribution in [3.63, 3.8) is 0 Å². The van der Waals surface area contributed by atoms with E-state index in [4.69, 9.17) is 0 Å². The first kappa shape index (κ1) is 12.6. The SMILES string of the molecule is CCNCc1cc(CN2CC3CCC2C3)c(C)s1. The molecule has 2 fully saturated rings. The number of hydrogen-bond donors (Lipinski definition) is 1. The standard InChI is InChI=1S/C15H24N2S/c1-3-16-8-15-7-13(11(2)18-15)10-17-9-12-4-5-14(17)6-12/h7,12,14,16H,3-6,8-10H2,1-2H3. The Morgan fingerprint density at radius 1 is 1.44 bits per heavy atom. The number of hydrogen-bond acceptors (Lipinski definition) is 3. The second-order valence-electron chi connectivity index (χ2n) is 5.84. The summed E-state index contributed by atoms with van der Waals surface area (Å²) < 4.78 is 0. The summed E-state index contributed by atoms with van der Waals surface area (Å²) >= 11 is 1.97. The molecule has 3 heteroatoms. The lowest BCUT2D eigenvalue weighted by molar-refractivity contribution is 0.205. The molecule has 2 nitrogen and oxygen atoms in total. The fourth-order valence-electron chi connectivity index (χ4n) is 3.52. The van der Waals surface area contributed by atoms with Gasteiger partial charge >= 0.3 is 0 Å². The summed E-state index contributed by atoms with van der Waals surface area (Å²) in [6.45, 7) is 9.08. The molecule has 2 heterocycles. The van der Waals surface area contributed by atoms with Crippen molar-refractivity contribution in [1.29, 1.82) is 0 Å². The van der Waals surface area contributed by atoms with Crippen LogP contribution in [0.4, 0.5) is 0 Å². The number of thiophene rings is 1. The van der Waals surface area contributed by atoms with E-state index in [1.165, 1.54) is 42.1 Å². The van der Waals surface area contributed by atoms with Gasteiger partial charge in [-0.3, -0.25) is 4.90 Å². The zero-order chi connectivity index (χ0) is 12.5. The molecule has 2 bridgehead atoms. The minimum absolute atomic E-state index is 0.895. The summed E-state index contributed by atoms with van der Waals surface area (Å²) in [5.41, 5.74) is 1.57. The average Bonchev–Trinajstić information content (AvgIpc) is 3.04. The van der Waals surface area contributed by atoms with Crippen molar-refractivity contribution in [1.82, 2.24) is 10.2 Å². The Morgan fingerprint density at radius 3 is 3.00 bits per heavy atom. The summed E-state index contributed by atoms with van der Waals surface area (Å²) in [5.74, 6) is 1.01. The number of rotatable bonds is 5. The van der Waals surface area contributed by atoms with Gasteiger partial charge in [-0.2, -0.15) is 0 Å². The third-order valence-electron chi connectivity index (χ3n) is 4.52. The van der Waals surface area contributed by atoms with Crippen LogP contribution in [0.1, 0.15) is 41.5 Å². The molecule has 1 aliphatic carbocycles. The average molecular weight is 264 g/mol. The summed E-state index contributed by atoms with van der Waals surface area (Å²) in [6, 6.07) is 3.32. The summed E-state index contributed by atoms with van der Waals surface area (Å²) in [6.07, 6.45) is 4.39. The van der Waals surface area contributed by atoms with Crippen LogP contribution < -0.4 is 5.32 Å². The third-order valence-corrected chi connectivity index (χ3v) is 5.61. The van der Waals surface area contributed by atoms with Crippen molar-refractivity contribution in [3.8, 4) is 0 Å². The van der Waals surface area contributed by atoms with Crippen LogP contribution in [-0.4, -0.2) is 24.0 Å². The van der Waals surface area contributed by atoms with E-state index in [0.717, 1.165) is 25.0 Å². The molecule has 0 radical (unpaired) electrons. The molecule has 1 N–H and O–H groups in total. The molecule has 2 unspecified atom stereocenters. The summed E-state index contributed by atoms with van der Waals surface area (Å²) in [4.78, 5) is 5.74. The van der Waals surface area contributed by atoms with Crippen molar-refractivity contribution < 1.29 is 0 Å². The Bertz CT molecular complexity index is 413. The number of aryl methyl sites for hydroxylation is 1. The number of fused-ring (bicyclic) bond motifs is 2. The number of likely N-dealkylation sites (tertiary alicyclic amines) is 1.